The summed E-state index contributed by atoms with van der Waals surface area (Å²) in [5.74, 6) is 3.97. The van der Waals surface area contributed by atoms with Crippen LogP contribution >= 0.6 is 0 Å². The summed E-state index contributed by atoms with van der Waals surface area (Å²) in [6.07, 6.45) is 0.380. The van der Waals surface area contributed by atoms with Crippen LogP contribution in [0.5, 0.6) is 0 Å². The monoisotopic (exact) mass is 211 g/mol. The smallest absolute Gasteiger partial charge is 0.0596 e. The van der Waals surface area contributed by atoms with E-state index in [4.69, 9.17) is 4.74 Å². The predicted octanol–water partition coefficient (Wildman–Crippen LogP) is 2.25. The highest BCUT2D eigenvalue weighted by Crippen LogP contribution is 2.55. The van der Waals surface area contributed by atoms with Gasteiger partial charge in [-0.1, -0.05) is 13.8 Å². The zero-order chi connectivity index (χ0) is 11.0. The standard InChI is InChI=1S/C13H25NO/c1-9(2)13-11-7-14(8-12(11)13)5-6-15-10(3)4/h9-13H,5-8H2,1-4H3/t11-,12+,13?. The minimum absolute atomic E-state index is 0.380. The van der Waals surface area contributed by atoms with E-state index in [1.165, 1.54) is 13.1 Å². The first kappa shape index (κ1) is 11.4. The van der Waals surface area contributed by atoms with Crippen molar-refractivity contribution in [2.75, 3.05) is 26.2 Å². The van der Waals surface area contributed by atoms with Gasteiger partial charge in [-0.15, -0.1) is 0 Å². The van der Waals surface area contributed by atoms with Gasteiger partial charge < -0.3 is 9.64 Å². The Balaban J connectivity index is 1.62. The zero-order valence-electron chi connectivity index (χ0n) is 10.6. The summed E-state index contributed by atoms with van der Waals surface area (Å²) in [5, 5.41) is 0. The highest BCUT2D eigenvalue weighted by atomic mass is 16.5. The number of rotatable bonds is 5. The summed E-state index contributed by atoms with van der Waals surface area (Å²) < 4.78 is 5.59. The lowest BCUT2D eigenvalue weighted by Gasteiger charge is -2.20. The lowest BCUT2D eigenvalue weighted by atomic mass is 10.0. The van der Waals surface area contributed by atoms with Crippen molar-refractivity contribution in [1.82, 2.24) is 4.90 Å². The van der Waals surface area contributed by atoms with Gasteiger partial charge >= 0.3 is 0 Å². The van der Waals surface area contributed by atoms with Crippen molar-refractivity contribution >= 4 is 0 Å². The highest BCUT2D eigenvalue weighted by molar-refractivity contribution is 5.05. The fourth-order valence-corrected chi connectivity index (χ4v) is 3.25. The molecule has 1 heterocycles. The molecule has 0 bridgehead atoms. The van der Waals surface area contributed by atoms with Crippen molar-refractivity contribution in [1.29, 1.82) is 0 Å². The van der Waals surface area contributed by atoms with E-state index in [2.05, 4.69) is 32.6 Å². The largest absolute Gasteiger partial charge is 0.377 e. The fourth-order valence-electron chi connectivity index (χ4n) is 3.25. The van der Waals surface area contributed by atoms with Crippen molar-refractivity contribution in [3.05, 3.63) is 0 Å². The lowest BCUT2D eigenvalue weighted by molar-refractivity contribution is 0.0601. The fraction of sp³-hybridized carbons (Fsp3) is 1.00. The molecule has 1 unspecified atom stereocenters. The molecular weight excluding hydrogens is 186 g/mol. The maximum Gasteiger partial charge on any atom is 0.0596 e. The van der Waals surface area contributed by atoms with Crippen molar-refractivity contribution < 1.29 is 4.74 Å². The molecule has 2 nitrogen and oxygen atoms in total. The summed E-state index contributed by atoms with van der Waals surface area (Å²) in [7, 11) is 0. The topological polar surface area (TPSA) is 12.5 Å². The Morgan fingerprint density at radius 1 is 1.13 bits per heavy atom. The third kappa shape index (κ3) is 2.54. The van der Waals surface area contributed by atoms with Gasteiger partial charge in [0.05, 0.1) is 12.7 Å². The van der Waals surface area contributed by atoms with Crippen molar-refractivity contribution in [2.24, 2.45) is 23.7 Å². The first-order valence-electron chi connectivity index (χ1n) is 6.43. The second-order valence-electron chi connectivity index (χ2n) is 5.83. The maximum atomic E-state index is 5.59. The van der Waals surface area contributed by atoms with Crippen LogP contribution in [-0.4, -0.2) is 37.2 Å². The van der Waals surface area contributed by atoms with Crippen LogP contribution in [-0.2, 0) is 4.74 Å². The highest BCUT2D eigenvalue weighted by Gasteiger charge is 2.56. The van der Waals surface area contributed by atoms with Crippen molar-refractivity contribution in [2.45, 2.75) is 33.8 Å². The molecule has 3 atom stereocenters. The first-order valence-corrected chi connectivity index (χ1v) is 6.43. The molecule has 2 aliphatic rings. The van der Waals surface area contributed by atoms with E-state index in [1.807, 2.05) is 0 Å². The Hall–Kier alpha value is -0.0800. The van der Waals surface area contributed by atoms with E-state index in [-0.39, 0.29) is 0 Å². The SMILES string of the molecule is CC(C)OCCN1C[C@@H]2C(C(C)C)[C@@H]2C1. The molecule has 2 rings (SSSR count). The van der Waals surface area contributed by atoms with Gasteiger partial charge in [0.1, 0.15) is 0 Å². The van der Waals surface area contributed by atoms with Crippen molar-refractivity contribution in [3.8, 4) is 0 Å². The minimum Gasteiger partial charge on any atom is -0.377 e. The van der Waals surface area contributed by atoms with E-state index >= 15 is 0 Å². The molecule has 0 aromatic heterocycles. The number of piperidine rings is 1. The average molecular weight is 211 g/mol. The summed E-state index contributed by atoms with van der Waals surface area (Å²) in [6.45, 7) is 13.7. The summed E-state index contributed by atoms with van der Waals surface area (Å²) >= 11 is 0. The van der Waals surface area contributed by atoms with Crippen LogP contribution in [0.3, 0.4) is 0 Å². The molecule has 15 heavy (non-hydrogen) atoms. The predicted molar refractivity (Wildman–Crippen MR) is 62.8 cm³/mol. The van der Waals surface area contributed by atoms with Gasteiger partial charge in [-0.2, -0.15) is 0 Å². The van der Waals surface area contributed by atoms with Crippen LogP contribution in [0, 0.1) is 23.7 Å². The van der Waals surface area contributed by atoms with Crippen LogP contribution in [0.1, 0.15) is 27.7 Å². The third-order valence-electron chi connectivity index (χ3n) is 3.96. The van der Waals surface area contributed by atoms with Gasteiger partial charge in [0.2, 0.25) is 0 Å². The van der Waals surface area contributed by atoms with Crippen LogP contribution in [0.15, 0.2) is 0 Å². The average Bonchev–Trinajstić information content (AvgIpc) is 2.64. The third-order valence-corrected chi connectivity index (χ3v) is 3.96. The molecular formula is C13H25NO. The molecule has 1 saturated carbocycles. The normalized spacial score (nSPS) is 35.2. The van der Waals surface area contributed by atoms with Crippen LogP contribution in [0.4, 0.5) is 0 Å². The summed E-state index contributed by atoms with van der Waals surface area (Å²) in [6, 6.07) is 0. The molecule has 0 amide bonds. The quantitative estimate of drug-likeness (QED) is 0.691. The van der Waals surface area contributed by atoms with E-state index in [1.54, 1.807) is 0 Å². The second-order valence-corrected chi connectivity index (χ2v) is 5.83. The second kappa shape index (κ2) is 4.42. The Morgan fingerprint density at radius 3 is 2.20 bits per heavy atom. The molecule has 0 aromatic rings. The van der Waals surface area contributed by atoms with Gasteiger partial charge in [0, 0.05) is 19.6 Å². The summed E-state index contributed by atoms with van der Waals surface area (Å²) in [5.41, 5.74) is 0. The number of nitrogens with zero attached hydrogens (tertiary/aromatic N) is 1. The van der Waals surface area contributed by atoms with Crippen LogP contribution in [0.25, 0.3) is 0 Å². The van der Waals surface area contributed by atoms with Gasteiger partial charge in [-0.05, 0) is 37.5 Å². The number of hydrogen-bond acceptors (Lipinski definition) is 2. The molecule has 0 aromatic carbocycles. The number of ether oxygens (including phenoxy) is 1. The molecule has 2 heteroatoms. The molecule has 0 radical (unpaired) electrons. The molecule has 0 spiro atoms. The Morgan fingerprint density at radius 2 is 1.73 bits per heavy atom. The first-order chi connectivity index (χ1) is 7.09. The molecule has 0 N–H and O–H groups in total. The van der Waals surface area contributed by atoms with Gasteiger partial charge in [-0.25, -0.2) is 0 Å². The number of fused-ring (bicyclic) bond motifs is 1. The van der Waals surface area contributed by atoms with Crippen LogP contribution in [0.2, 0.25) is 0 Å². The maximum absolute atomic E-state index is 5.59. The van der Waals surface area contributed by atoms with Crippen molar-refractivity contribution in [3.63, 3.8) is 0 Å². The Bertz CT molecular complexity index is 203. The zero-order valence-corrected chi connectivity index (χ0v) is 10.6. The van der Waals surface area contributed by atoms with Crippen LogP contribution < -0.4 is 0 Å². The van der Waals surface area contributed by atoms with Gasteiger partial charge in [0.15, 0.2) is 0 Å². The number of likely N-dealkylation sites (tertiary alicyclic amines) is 1. The van der Waals surface area contributed by atoms with E-state index in [0.717, 1.165) is 36.8 Å². The van der Waals surface area contributed by atoms with E-state index in [0.29, 0.717) is 6.10 Å². The van der Waals surface area contributed by atoms with E-state index < -0.39 is 0 Å². The van der Waals surface area contributed by atoms with E-state index in [9.17, 15) is 0 Å². The van der Waals surface area contributed by atoms with Gasteiger partial charge in [0.25, 0.3) is 0 Å². The molecule has 2 fully saturated rings. The molecule has 1 aliphatic carbocycles. The number of hydrogen-bond donors (Lipinski definition) is 0. The Kier molecular flexibility index (Phi) is 3.36. The minimum atomic E-state index is 0.380. The Labute approximate surface area is 94.0 Å². The molecule has 88 valence electrons. The lowest BCUT2D eigenvalue weighted by Crippen LogP contribution is -2.29. The molecule has 1 aliphatic heterocycles. The van der Waals surface area contributed by atoms with Gasteiger partial charge in [-0.3, -0.25) is 0 Å². The molecule has 1 saturated heterocycles. The summed E-state index contributed by atoms with van der Waals surface area (Å²) in [4.78, 5) is 2.58.